The van der Waals surface area contributed by atoms with Gasteiger partial charge in [0.1, 0.15) is 5.75 Å². The number of fused-ring (bicyclic) bond motifs is 1. The highest BCUT2D eigenvalue weighted by atomic mass is 28.3. The zero-order chi connectivity index (χ0) is 14.3. The minimum Gasteiger partial charge on any atom is -0.497 e. The summed E-state index contributed by atoms with van der Waals surface area (Å²) < 4.78 is 5.23. The minimum atomic E-state index is -1.23. The Morgan fingerprint density at radius 3 is 2.30 bits per heavy atom. The molecule has 0 aliphatic carbocycles. The Hall–Kier alpha value is -1.54. The van der Waals surface area contributed by atoms with Crippen LogP contribution in [0.5, 0.6) is 5.75 Å². The number of methoxy groups -OCH3 is 1. The molecule has 0 N–H and O–H groups in total. The van der Waals surface area contributed by atoms with Crippen molar-refractivity contribution >= 4 is 13.3 Å². The van der Waals surface area contributed by atoms with Gasteiger partial charge in [-0.25, -0.2) is 0 Å². The van der Waals surface area contributed by atoms with E-state index in [1.54, 1.807) is 17.9 Å². The van der Waals surface area contributed by atoms with Crippen LogP contribution in [-0.2, 0) is 0 Å². The van der Waals surface area contributed by atoms with E-state index in [9.17, 15) is 0 Å². The fraction of sp³-hybridized carbons (Fsp3) is 0.333. The molecule has 1 aliphatic rings. The van der Waals surface area contributed by atoms with Crippen LogP contribution in [-0.4, -0.2) is 15.2 Å². The molecular formula is C18H22OSi. The van der Waals surface area contributed by atoms with Crippen molar-refractivity contribution in [1.82, 2.24) is 0 Å². The van der Waals surface area contributed by atoms with E-state index in [1.807, 2.05) is 12.1 Å². The first kappa shape index (κ1) is 13.4. The zero-order valence-electron chi connectivity index (χ0n) is 12.7. The summed E-state index contributed by atoms with van der Waals surface area (Å²) in [7, 11) is 0.478. The second-order valence-corrected chi connectivity index (χ2v) is 11.2. The fourth-order valence-electron chi connectivity index (χ4n) is 3.52. The molecule has 0 unspecified atom stereocenters. The second-order valence-electron chi connectivity index (χ2n) is 6.52. The average molecular weight is 282 g/mol. The van der Waals surface area contributed by atoms with Gasteiger partial charge in [-0.2, -0.15) is 0 Å². The van der Waals surface area contributed by atoms with E-state index in [-0.39, 0.29) is 0 Å². The number of benzene rings is 2. The van der Waals surface area contributed by atoms with Gasteiger partial charge in [-0.1, -0.05) is 55.5 Å². The van der Waals surface area contributed by atoms with Crippen LogP contribution >= 0.6 is 0 Å². The average Bonchev–Trinajstić information content (AvgIpc) is 2.68. The van der Waals surface area contributed by atoms with Crippen LogP contribution in [0.4, 0.5) is 0 Å². The molecule has 0 fully saturated rings. The van der Waals surface area contributed by atoms with Gasteiger partial charge in [0.2, 0.25) is 0 Å². The van der Waals surface area contributed by atoms with Crippen LogP contribution in [0.2, 0.25) is 19.1 Å². The van der Waals surface area contributed by atoms with Crippen LogP contribution in [0.15, 0.2) is 42.5 Å². The van der Waals surface area contributed by atoms with Gasteiger partial charge in [0.25, 0.3) is 0 Å². The number of hydrogen-bond acceptors (Lipinski definition) is 1. The Labute approximate surface area is 122 Å². The molecule has 3 rings (SSSR count). The van der Waals surface area contributed by atoms with Gasteiger partial charge in [0.15, 0.2) is 0 Å². The summed E-state index contributed by atoms with van der Waals surface area (Å²) in [5.74, 6) is 1.65. The summed E-state index contributed by atoms with van der Waals surface area (Å²) >= 11 is 0. The highest BCUT2D eigenvalue weighted by Gasteiger charge is 2.36. The first-order chi connectivity index (χ1) is 9.51. The highest BCUT2D eigenvalue weighted by Crippen LogP contribution is 2.35. The summed E-state index contributed by atoms with van der Waals surface area (Å²) in [5.41, 5.74) is 4.19. The second kappa shape index (κ2) is 4.78. The summed E-state index contributed by atoms with van der Waals surface area (Å²) in [5, 5.41) is 1.65. The third-order valence-electron chi connectivity index (χ3n) is 4.55. The van der Waals surface area contributed by atoms with Crippen LogP contribution in [0.3, 0.4) is 0 Å². The maximum absolute atomic E-state index is 5.23. The maximum atomic E-state index is 5.23. The van der Waals surface area contributed by atoms with Gasteiger partial charge in [0.05, 0.1) is 15.2 Å². The Bertz CT molecular complexity index is 628. The first-order valence-electron chi connectivity index (χ1n) is 7.30. The van der Waals surface area contributed by atoms with E-state index < -0.39 is 8.07 Å². The topological polar surface area (TPSA) is 9.23 Å². The van der Waals surface area contributed by atoms with Gasteiger partial charge in [-0.15, -0.1) is 0 Å². The summed E-state index contributed by atoms with van der Waals surface area (Å²) in [6.07, 6.45) is 0. The van der Waals surface area contributed by atoms with E-state index in [4.69, 9.17) is 4.74 Å². The molecule has 0 saturated carbocycles. The zero-order valence-corrected chi connectivity index (χ0v) is 13.7. The van der Waals surface area contributed by atoms with Gasteiger partial charge in [-0.05, 0) is 40.8 Å². The Morgan fingerprint density at radius 2 is 1.65 bits per heavy atom. The molecule has 0 amide bonds. The van der Waals surface area contributed by atoms with Crippen molar-refractivity contribution in [1.29, 1.82) is 0 Å². The van der Waals surface area contributed by atoms with E-state index in [2.05, 4.69) is 50.3 Å². The van der Waals surface area contributed by atoms with E-state index in [0.29, 0.717) is 0 Å². The van der Waals surface area contributed by atoms with Crippen LogP contribution in [0, 0.1) is 0 Å². The Balaban J connectivity index is 2.04. The molecule has 20 heavy (non-hydrogen) atoms. The number of rotatable bonds is 2. The Kier molecular flexibility index (Phi) is 3.21. The lowest BCUT2D eigenvalue weighted by Gasteiger charge is -2.17. The molecule has 0 aromatic heterocycles. The highest BCUT2D eigenvalue weighted by molar-refractivity contribution is 6.91. The maximum Gasteiger partial charge on any atom is 0.118 e. The van der Waals surface area contributed by atoms with Gasteiger partial charge < -0.3 is 4.74 Å². The monoisotopic (exact) mass is 282 g/mol. The molecule has 0 saturated heterocycles. The smallest absolute Gasteiger partial charge is 0.118 e. The quantitative estimate of drug-likeness (QED) is 0.742. The lowest BCUT2D eigenvalue weighted by molar-refractivity contribution is 0.415. The summed E-state index contributed by atoms with van der Waals surface area (Å²) in [4.78, 5) is 0. The van der Waals surface area contributed by atoms with Gasteiger partial charge in [-0.3, -0.25) is 0 Å². The molecule has 1 atom stereocenters. The van der Waals surface area contributed by atoms with Gasteiger partial charge in [0, 0.05) is 0 Å². The first-order valence-corrected chi connectivity index (χ1v) is 10.5. The molecule has 2 aromatic carbocycles. The SMILES string of the molecule is COc1ccc(-c2ccc3c(c2)[Si](C)(C)C[C@@H]3C)cc1. The largest absolute Gasteiger partial charge is 0.497 e. The van der Waals surface area contributed by atoms with Crippen molar-refractivity contribution in [3.8, 4) is 16.9 Å². The van der Waals surface area contributed by atoms with E-state index in [0.717, 1.165) is 11.7 Å². The molecule has 2 aromatic rings. The molecule has 0 radical (unpaired) electrons. The lowest BCUT2D eigenvalue weighted by Crippen LogP contribution is -2.37. The molecule has 104 valence electrons. The standard InChI is InChI=1S/C18H22OSi/c1-13-12-20(3,4)18-11-15(7-10-17(13)18)14-5-8-16(19-2)9-6-14/h5-11,13H,12H2,1-4H3/t13-/m0/s1. The number of ether oxygens (including phenoxy) is 1. The summed E-state index contributed by atoms with van der Waals surface area (Å²) in [6.45, 7) is 7.36. The normalized spacial score (nSPS) is 19.7. The van der Waals surface area contributed by atoms with Crippen molar-refractivity contribution in [2.45, 2.75) is 32.0 Å². The van der Waals surface area contributed by atoms with Crippen molar-refractivity contribution in [2.75, 3.05) is 7.11 Å². The predicted molar refractivity (Wildman–Crippen MR) is 88.8 cm³/mol. The van der Waals surface area contributed by atoms with Crippen molar-refractivity contribution in [3.05, 3.63) is 48.0 Å². The molecular weight excluding hydrogens is 260 g/mol. The van der Waals surface area contributed by atoms with Crippen molar-refractivity contribution in [3.63, 3.8) is 0 Å². The fourth-order valence-corrected chi connectivity index (χ4v) is 7.15. The molecule has 1 nitrogen and oxygen atoms in total. The third-order valence-corrected chi connectivity index (χ3v) is 8.08. The molecule has 1 heterocycles. The van der Waals surface area contributed by atoms with E-state index in [1.165, 1.54) is 17.2 Å². The molecule has 0 spiro atoms. The van der Waals surface area contributed by atoms with Gasteiger partial charge >= 0.3 is 0 Å². The molecule has 2 heteroatoms. The van der Waals surface area contributed by atoms with Crippen molar-refractivity contribution in [2.24, 2.45) is 0 Å². The Morgan fingerprint density at radius 1 is 1.00 bits per heavy atom. The van der Waals surface area contributed by atoms with Crippen LogP contribution < -0.4 is 9.92 Å². The summed E-state index contributed by atoms with van der Waals surface area (Å²) in [6, 6.07) is 16.8. The van der Waals surface area contributed by atoms with Crippen LogP contribution in [0.25, 0.3) is 11.1 Å². The predicted octanol–water partition coefficient (Wildman–Crippen LogP) is 4.39. The lowest BCUT2D eigenvalue weighted by atomic mass is 9.99. The molecule has 1 aliphatic heterocycles. The third kappa shape index (κ3) is 2.18. The van der Waals surface area contributed by atoms with Crippen LogP contribution in [0.1, 0.15) is 18.4 Å². The number of hydrogen-bond donors (Lipinski definition) is 0. The molecule has 0 bridgehead atoms. The van der Waals surface area contributed by atoms with Crippen molar-refractivity contribution < 1.29 is 4.74 Å². The van der Waals surface area contributed by atoms with E-state index >= 15 is 0 Å². The minimum absolute atomic E-state index is 0.733.